The quantitative estimate of drug-likeness (QED) is 0.786. The van der Waals surface area contributed by atoms with Crippen LogP contribution in [0.2, 0.25) is 0 Å². The van der Waals surface area contributed by atoms with Crippen LogP contribution in [0, 0.1) is 18.3 Å². The lowest BCUT2D eigenvalue weighted by Crippen LogP contribution is -2.16. The van der Waals surface area contributed by atoms with Gasteiger partial charge in [0, 0.05) is 16.5 Å². The molecule has 102 valence electrons. The van der Waals surface area contributed by atoms with Crippen LogP contribution in [0.25, 0.3) is 11.0 Å². The summed E-state index contributed by atoms with van der Waals surface area (Å²) in [5.74, 6) is 0.595. The standard InChI is InChI=1S/C16H15NO3/c1-10-14(19-9-8-17)7-6-12-11-4-2-3-5-13(11)16(18)20-15(10)12/h6-7H,2-5,9H2,1H3. The molecule has 1 aliphatic rings. The number of ether oxygens (including phenoxy) is 1. The molecule has 0 atom stereocenters. The molecule has 4 heteroatoms. The van der Waals surface area contributed by atoms with Gasteiger partial charge in [-0.3, -0.25) is 0 Å². The summed E-state index contributed by atoms with van der Waals surface area (Å²) in [6.07, 6.45) is 3.89. The fraction of sp³-hybridized carbons (Fsp3) is 0.375. The fourth-order valence-corrected chi connectivity index (χ4v) is 2.89. The first kappa shape index (κ1) is 12.7. The summed E-state index contributed by atoms with van der Waals surface area (Å²) in [7, 11) is 0. The van der Waals surface area contributed by atoms with E-state index in [2.05, 4.69) is 0 Å². The molecule has 1 heterocycles. The van der Waals surface area contributed by atoms with E-state index in [4.69, 9.17) is 14.4 Å². The smallest absolute Gasteiger partial charge is 0.339 e. The van der Waals surface area contributed by atoms with Crippen LogP contribution in [0.5, 0.6) is 5.75 Å². The van der Waals surface area contributed by atoms with Crippen molar-refractivity contribution in [3.05, 3.63) is 39.2 Å². The minimum atomic E-state index is -0.229. The van der Waals surface area contributed by atoms with Gasteiger partial charge in [0.25, 0.3) is 0 Å². The lowest BCUT2D eigenvalue weighted by molar-refractivity contribution is 0.365. The largest absolute Gasteiger partial charge is 0.478 e. The molecule has 0 N–H and O–H groups in total. The molecule has 0 amide bonds. The molecule has 0 spiro atoms. The van der Waals surface area contributed by atoms with E-state index in [0.717, 1.165) is 47.8 Å². The number of aryl methyl sites for hydroxylation is 2. The Morgan fingerprint density at radius 2 is 2.05 bits per heavy atom. The number of rotatable bonds is 2. The Hall–Kier alpha value is -2.28. The molecule has 3 rings (SSSR count). The number of fused-ring (bicyclic) bond motifs is 3. The summed E-state index contributed by atoms with van der Waals surface area (Å²) >= 11 is 0. The van der Waals surface area contributed by atoms with Crippen molar-refractivity contribution in [2.75, 3.05) is 6.61 Å². The van der Waals surface area contributed by atoms with Crippen molar-refractivity contribution in [1.29, 1.82) is 5.26 Å². The molecule has 4 nitrogen and oxygen atoms in total. The van der Waals surface area contributed by atoms with Crippen LogP contribution < -0.4 is 10.4 Å². The highest BCUT2D eigenvalue weighted by Crippen LogP contribution is 2.32. The Morgan fingerprint density at radius 3 is 2.80 bits per heavy atom. The maximum Gasteiger partial charge on any atom is 0.339 e. The Morgan fingerprint density at radius 1 is 1.30 bits per heavy atom. The van der Waals surface area contributed by atoms with Crippen molar-refractivity contribution < 1.29 is 9.15 Å². The highest BCUT2D eigenvalue weighted by atomic mass is 16.5. The highest BCUT2D eigenvalue weighted by molar-refractivity contribution is 5.86. The monoisotopic (exact) mass is 269 g/mol. The second-order valence-corrected chi connectivity index (χ2v) is 5.07. The molecule has 1 aliphatic carbocycles. The molecular formula is C16H15NO3. The van der Waals surface area contributed by atoms with E-state index in [1.54, 1.807) is 0 Å². The van der Waals surface area contributed by atoms with Gasteiger partial charge in [-0.25, -0.2) is 4.79 Å². The lowest BCUT2D eigenvalue weighted by Gasteiger charge is -2.17. The molecule has 0 fully saturated rings. The predicted molar refractivity (Wildman–Crippen MR) is 75.0 cm³/mol. The molecule has 0 bridgehead atoms. The van der Waals surface area contributed by atoms with Crippen LogP contribution in [0.1, 0.15) is 29.5 Å². The zero-order valence-electron chi connectivity index (χ0n) is 11.4. The molecule has 2 aromatic rings. The van der Waals surface area contributed by atoms with E-state index < -0.39 is 0 Å². The first-order valence-corrected chi connectivity index (χ1v) is 6.80. The van der Waals surface area contributed by atoms with Gasteiger partial charge < -0.3 is 9.15 Å². The molecule has 0 saturated heterocycles. The minimum Gasteiger partial charge on any atom is -0.478 e. The first-order valence-electron chi connectivity index (χ1n) is 6.80. The second-order valence-electron chi connectivity index (χ2n) is 5.07. The maximum absolute atomic E-state index is 12.1. The van der Waals surface area contributed by atoms with Crippen molar-refractivity contribution in [3.63, 3.8) is 0 Å². The third-order valence-electron chi connectivity index (χ3n) is 3.88. The zero-order valence-corrected chi connectivity index (χ0v) is 11.4. The maximum atomic E-state index is 12.1. The van der Waals surface area contributed by atoms with Gasteiger partial charge in [0.05, 0.1) is 0 Å². The van der Waals surface area contributed by atoms with Crippen LogP contribution in [0.4, 0.5) is 0 Å². The summed E-state index contributed by atoms with van der Waals surface area (Å²) in [4.78, 5) is 12.1. The van der Waals surface area contributed by atoms with Crippen LogP contribution in [0.15, 0.2) is 21.3 Å². The Balaban J connectivity index is 2.24. The summed E-state index contributed by atoms with van der Waals surface area (Å²) in [5.41, 5.74) is 3.09. The van der Waals surface area contributed by atoms with Crippen molar-refractivity contribution in [1.82, 2.24) is 0 Å². The molecule has 1 aromatic carbocycles. The SMILES string of the molecule is Cc1c(OCC#N)ccc2c3c(c(=O)oc12)CCCC3. The van der Waals surface area contributed by atoms with Crippen molar-refractivity contribution >= 4 is 11.0 Å². The van der Waals surface area contributed by atoms with Crippen molar-refractivity contribution in [2.24, 2.45) is 0 Å². The van der Waals surface area contributed by atoms with E-state index in [0.29, 0.717) is 11.3 Å². The molecule has 0 saturated carbocycles. The first-order chi connectivity index (χ1) is 9.72. The predicted octanol–water partition coefficient (Wildman–Crippen LogP) is 2.88. The van der Waals surface area contributed by atoms with Gasteiger partial charge in [-0.05, 0) is 50.3 Å². The topological polar surface area (TPSA) is 63.2 Å². The van der Waals surface area contributed by atoms with E-state index >= 15 is 0 Å². The van der Waals surface area contributed by atoms with Gasteiger partial charge in [-0.1, -0.05) is 0 Å². The van der Waals surface area contributed by atoms with Crippen LogP contribution in [-0.4, -0.2) is 6.61 Å². The van der Waals surface area contributed by atoms with Gasteiger partial charge >= 0.3 is 5.63 Å². The average molecular weight is 269 g/mol. The second kappa shape index (κ2) is 5.01. The van der Waals surface area contributed by atoms with Crippen molar-refractivity contribution in [2.45, 2.75) is 32.6 Å². The van der Waals surface area contributed by atoms with E-state index in [1.807, 2.05) is 25.1 Å². The lowest BCUT2D eigenvalue weighted by atomic mass is 9.90. The zero-order chi connectivity index (χ0) is 14.1. The number of nitriles is 1. The molecule has 0 unspecified atom stereocenters. The molecule has 1 aromatic heterocycles. The average Bonchev–Trinajstić information content (AvgIpc) is 2.48. The van der Waals surface area contributed by atoms with E-state index in [-0.39, 0.29) is 12.2 Å². The highest BCUT2D eigenvalue weighted by Gasteiger charge is 2.19. The van der Waals surface area contributed by atoms with Crippen molar-refractivity contribution in [3.8, 4) is 11.8 Å². The third kappa shape index (κ3) is 1.96. The summed E-state index contributed by atoms with van der Waals surface area (Å²) in [5, 5.41) is 9.59. The van der Waals surface area contributed by atoms with Gasteiger partial charge in [0.1, 0.15) is 17.4 Å². The van der Waals surface area contributed by atoms with E-state index in [9.17, 15) is 4.79 Å². The number of benzene rings is 1. The Labute approximate surface area is 116 Å². The summed E-state index contributed by atoms with van der Waals surface area (Å²) in [6.45, 7) is 1.84. The van der Waals surface area contributed by atoms with E-state index in [1.165, 1.54) is 0 Å². The van der Waals surface area contributed by atoms with Gasteiger partial charge in [-0.2, -0.15) is 5.26 Å². The molecule has 20 heavy (non-hydrogen) atoms. The Bertz CT molecular complexity index is 768. The van der Waals surface area contributed by atoms with Crippen LogP contribution in [0.3, 0.4) is 0 Å². The summed E-state index contributed by atoms with van der Waals surface area (Å²) < 4.78 is 10.8. The fourth-order valence-electron chi connectivity index (χ4n) is 2.89. The molecule has 0 radical (unpaired) electrons. The van der Waals surface area contributed by atoms with Gasteiger partial charge in [0.2, 0.25) is 0 Å². The third-order valence-corrected chi connectivity index (χ3v) is 3.88. The van der Waals surface area contributed by atoms with Crippen LogP contribution >= 0.6 is 0 Å². The molecule has 0 aliphatic heterocycles. The van der Waals surface area contributed by atoms with Crippen LogP contribution in [-0.2, 0) is 12.8 Å². The number of hydrogen-bond donors (Lipinski definition) is 0. The summed E-state index contributed by atoms with van der Waals surface area (Å²) in [6, 6.07) is 5.72. The van der Waals surface area contributed by atoms with Gasteiger partial charge in [-0.15, -0.1) is 0 Å². The molecular weight excluding hydrogens is 254 g/mol. The number of nitrogens with zero attached hydrogens (tertiary/aromatic N) is 1. The number of hydrogen-bond acceptors (Lipinski definition) is 4. The van der Waals surface area contributed by atoms with Gasteiger partial charge in [0.15, 0.2) is 6.61 Å². The normalized spacial score (nSPS) is 13.8. The minimum absolute atomic E-state index is 0.0124. The Kier molecular flexibility index (Phi) is 3.19.